The number of aliphatic carboxylic acids is 1. The smallest absolute Gasteiger partial charge is 0.407 e. The van der Waals surface area contributed by atoms with Crippen molar-refractivity contribution in [2.75, 3.05) is 6.61 Å². The van der Waals surface area contributed by atoms with Gasteiger partial charge in [0.05, 0.1) is 24.8 Å². The molecule has 1 heterocycles. The summed E-state index contributed by atoms with van der Waals surface area (Å²) in [6.45, 7) is 1.63. The topological polar surface area (TPSA) is 138 Å². The molecule has 2 atom stereocenters. The highest BCUT2D eigenvalue weighted by Gasteiger charge is 2.29. The van der Waals surface area contributed by atoms with Crippen molar-refractivity contribution in [2.24, 2.45) is 0 Å². The lowest BCUT2D eigenvalue weighted by Gasteiger charge is -2.16. The van der Waals surface area contributed by atoms with Crippen molar-refractivity contribution in [1.29, 1.82) is 0 Å². The number of fused-ring (bicyclic) bond motifs is 3. The molecule has 1 aliphatic rings. The van der Waals surface area contributed by atoms with Crippen LogP contribution in [-0.2, 0) is 27.3 Å². The van der Waals surface area contributed by atoms with E-state index in [4.69, 9.17) is 9.84 Å². The summed E-state index contributed by atoms with van der Waals surface area (Å²) in [5.41, 5.74) is 5.00. The number of ether oxygens (including phenoxy) is 1. The molecule has 0 saturated heterocycles. The first-order valence-electron chi connectivity index (χ1n) is 11.1. The average Bonchev–Trinajstić information content (AvgIpc) is 3.41. The van der Waals surface area contributed by atoms with Gasteiger partial charge in [0.25, 0.3) is 0 Å². The van der Waals surface area contributed by atoms with E-state index in [0.717, 1.165) is 22.3 Å². The number of carbonyl (C=O) groups excluding carboxylic acids is 2. The quantitative estimate of drug-likeness (QED) is 0.358. The first-order valence-corrected chi connectivity index (χ1v) is 11.9. The van der Waals surface area contributed by atoms with E-state index in [-0.39, 0.29) is 25.5 Å². The van der Waals surface area contributed by atoms with Crippen LogP contribution in [0.2, 0.25) is 0 Å². The van der Waals surface area contributed by atoms with Crippen LogP contribution in [0.5, 0.6) is 0 Å². The lowest BCUT2D eigenvalue weighted by Crippen LogP contribution is -2.48. The molecule has 0 saturated carbocycles. The van der Waals surface area contributed by atoms with Gasteiger partial charge in [-0.3, -0.25) is 4.79 Å². The highest BCUT2D eigenvalue weighted by molar-refractivity contribution is 7.09. The number of carbonyl (C=O) groups is 3. The monoisotopic (exact) mass is 495 g/mol. The minimum absolute atomic E-state index is 0.0330. The zero-order chi connectivity index (χ0) is 24.9. The van der Waals surface area contributed by atoms with Crippen LogP contribution in [0.4, 0.5) is 4.79 Å². The Morgan fingerprint density at radius 1 is 1.09 bits per heavy atom. The largest absolute Gasteiger partial charge is 0.480 e. The molecule has 2 aromatic carbocycles. The van der Waals surface area contributed by atoms with E-state index >= 15 is 0 Å². The van der Waals surface area contributed by atoms with Crippen LogP contribution in [-0.4, -0.2) is 51.9 Å². The van der Waals surface area contributed by atoms with Crippen LogP contribution in [0.25, 0.3) is 11.1 Å². The summed E-state index contributed by atoms with van der Waals surface area (Å²) >= 11 is 1.26. The third-order valence-electron chi connectivity index (χ3n) is 5.73. The van der Waals surface area contributed by atoms with E-state index in [1.165, 1.54) is 18.3 Å². The summed E-state index contributed by atoms with van der Waals surface area (Å²) in [7, 11) is 0. The van der Waals surface area contributed by atoms with E-state index in [1.54, 1.807) is 5.38 Å². The number of hydrogen-bond donors (Lipinski definition) is 4. The summed E-state index contributed by atoms with van der Waals surface area (Å²) in [4.78, 5) is 39.8. The molecule has 0 fully saturated rings. The molecule has 3 aromatic rings. The number of carboxylic acids is 1. The van der Waals surface area contributed by atoms with Gasteiger partial charge in [0.15, 0.2) is 6.04 Å². The molecule has 4 rings (SSSR count). The second-order valence-electron chi connectivity index (χ2n) is 8.21. The minimum Gasteiger partial charge on any atom is -0.480 e. The number of aliphatic hydroxyl groups is 1. The van der Waals surface area contributed by atoms with Crippen LogP contribution in [0.3, 0.4) is 0 Å². The standard InChI is InChI=1S/C25H25N3O6S/c1-14(29)23(24(31)32)28-21(30)10-15-13-35-22(27-15)11-26-25(33)34-12-20-18-8-4-2-6-16(18)17-7-3-5-9-19(17)20/h2-9,13-14,20,23,29H,10-12H2,1H3,(H,26,33)(H,28,30)(H,31,32)/t14-,23+/m1/s1. The van der Waals surface area contributed by atoms with Gasteiger partial charge in [0.2, 0.25) is 5.91 Å². The fourth-order valence-corrected chi connectivity index (χ4v) is 4.82. The summed E-state index contributed by atoms with van der Waals surface area (Å²) in [5.74, 6) is -1.92. The first-order chi connectivity index (χ1) is 16.8. The van der Waals surface area contributed by atoms with E-state index < -0.39 is 30.1 Å². The minimum atomic E-state index is -1.39. The molecule has 10 heteroatoms. The number of nitrogens with one attached hydrogen (secondary N) is 2. The molecule has 182 valence electrons. The molecule has 0 radical (unpaired) electrons. The van der Waals surface area contributed by atoms with E-state index in [1.807, 2.05) is 36.4 Å². The van der Waals surface area contributed by atoms with Crippen molar-refractivity contribution in [2.45, 2.75) is 38.0 Å². The Balaban J connectivity index is 1.27. The maximum atomic E-state index is 12.3. The van der Waals surface area contributed by atoms with Crippen molar-refractivity contribution >= 4 is 29.3 Å². The predicted octanol–water partition coefficient (Wildman–Crippen LogP) is 2.67. The second-order valence-corrected chi connectivity index (χ2v) is 9.16. The molecule has 35 heavy (non-hydrogen) atoms. The van der Waals surface area contributed by atoms with Gasteiger partial charge in [-0.2, -0.15) is 0 Å². The highest BCUT2D eigenvalue weighted by atomic mass is 32.1. The second kappa shape index (κ2) is 10.7. The number of aromatic nitrogens is 1. The Hall–Kier alpha value is -3.76. The zero-order valence-electron chi connectivity index (χ0n) is 18.9. The summed E-state index contributed by atoms with van der Waals surface area (Å²) in [5, 5.41) is 25.7. The van der Waals surface area contributed by atoms with Crippen LogP contribution < -0.4 is 10.6 Å². The van der Waals surface area contributed by atoms with Crippen molar-refractivity contribution in [3.63, 3.8) is 0 Å². The van der Waals surface area contributed by atoms with Gasteiger partial charge >= 0.3 is 12.1 Å². The molecule has 4 N–H and O–H groups in total. The van der Waals surface area contributed by atoms with Crippen molar-refractivity contribution in [1.82, 2.24) is 15.6 Å². The van der Waals surface area contributed by atoms with Gasteiger partial charge in [-0.1, -0.05) is 48.5 Å². The fourth-order valence-electron chi connectivity index (χ4n) is 4.09. The molecule has 0 spiro atoms. The third kappa shape index (κ3) is 5.67. The van der Waals surface area contributed by atoms with Gasteiger partial charge in [0.1, 0.15) is 11.6 Å². The van der Waals surface area contributed by atoms with E-state index in [2.05, 4.69) is 27.8 Å². The fraction of sp³-hybridized carbons (Fsp3) is 0.280. The number of amides is 2. The zero-order valence-corrected chi connectivity index (χ0v) is 19.7. The highest BCUT2D eigenvalue weighted by Crippen LogP contribution is 2.44. The molecule has 1 aliphatic carbocycles. The van der Waals surface area contributed by atoms with Gasteiger partial charge in [-0.25, -0.2) is 14.6 Å². The summed E-state index contributed by atoms with van der Waals surface area (Å²) in [6.07, 6.45) is -1.94. The normalized spacial score (nSPS) is 13.9. The molecule has 0 unspecified atom stereocenters. The molecule has 0 aliphatic heterocycles. The Bertz CT molecular complexity index is 1200. The Kier molecular flexibility index (Phi) is 7.42. The predicted molar refractivity (Wildman–Crippen MR) is 129 cm³/mol. The Labute approximate surface area is 205 Å². The van der Waals surface area contributed by atoms with Gasteiger partial charge in [-0.15, -0.1) is 11.3 Å². The van der Waals surface area contributed by atoms with Gasteiger partial charge < -0.3 is 25.6 Å². The molecule has 1 aromatic heterocycles. The maximum Gasteiger partial charge on any atom is 0.407 e. The summed E-state index contributed by atoms with van der Waals surface area (Å²) in [6, 6.07) is 14.8. The number of thiazole rings is 1. The molecule has 0 bridgehead atoms. The number of benzene rings is 2. The van der Waals surface area contributed by atoms with E-state index in [9.17, 15) is 19.5 Å². The van der Waals surface area contributed by atoms with Crippen molar-refractivity contribution in [3.05, 3.63) is 75.7 Å². The summed E-state index contributed by atoms with van der Waals surface area (Å²) < 4.78 is 5.50. The van der Waals surface area contributed by atoms with Crippen LogP contribution >= 0.6 is 11.3 Å². The molecule has 9 nitrogen and oxygen atoms in total. The molecular formula is C25H25N3O6S. The van der Waals surface area contributed by atoms with Gasteiger partial charge in [-0.05, 0) is 29.2 Å². The van der Waals surface area contributed by atoms with E-state index in [0.29, 0.717) is 10.7 Å². The lowest BCUT2D eigenvalue weighted by atomic mass is 9.98. The SMILES string of the molecule is C[C@@H](O)[C@H](NC(=O)Cc1csc(CNC(=O)OCC2c3ccccc3-c3ccccc32)n1)C(=O)O. The lowest BCUT2D eigenvalue weighted by molar-refractivity contribution is -0.144. The molecule has 2 amide bonds. The van der Waals surface area contributed by atoms with Crippen LogP contribution in [0.1, 0.15) is 34.7 Å². The number of alkyl carbamates (subject to hydrolysis) is 1. The number of rotatable bonds is 9. The maximum absolute atomic E-state index is 12.3. The third-order valence-corrected chi connectivity index (χ3v) is 6.63. The number of nitrogens with zero attached hydrogens (tertiary/aromatic N) is 1. The van der Waals surface area contributed by atoms with Crippen molar-refractivity contribution in [3.8, 4) is 11.1 Å². The number of carboxylic acid groups (broad SMARTS) is 1. The van der Waals surface area contributed by atoms with Gasteiger partial charge in [0, 0.05) is 11.3 Å². The first kappa shape index (κ1) is 24.4. The van der Waals surface area contributed by atoms with Crippen LogP contribution in [0, 0.1) is 0 Å². The van der Waals surface area contributed by atoms with Crippen LogP contribution in [0.15, 0.2) is 53.9 Å². The number of hydrogen-bond acceptors (Lipinski definition) is 7. The Morgan fingerprint density at radius 3 is 2.31 bits per heavy atom. The Morgan fingerprint density at radius 2 is 1.71 bits per heavy atom. The van der Waals surface area contributed by atoms with Crippen molar-refractivity contribution < 1.29 is 29.3 Å². The number of aliphatic hydroxyl groups excluding tert-OH is 1. The average molecular weight is 496 g/mol. The molecular weight excluding hydrogens is 470 g/mol.